The predicted octanol–water partition coefficient (Wildman–Crippen LogP) is 3.33. The molecule has 0 amide bonds. The van der Waals surface area contributed by atoms with E-state index in [2.05, 4.69) is 4.98 Å². The van der Waals surface area contributed by atoms with E-state index >= 15 is 0 Å². The molecule has 0 aliphatic carbocycles. The van der Waals surface area contributed by atoms with E-state index in [1.165, 1.54) is 12.4 Å². The molecule has 0 fully saturated rings. The van der Waals surface area contributed by atoms with Crippen LogP contribution >= 0.6 is 0 Å². The van der Waals surface area contributed by atoms with Gasteiger partial charge < -0.3 is 4.74 Å². The summed E-state index contributed by atoms with van der Waals surface area (Å²) < 4.78 is 5.46. The van der Waals surface area contributed by atoms with E-state index in [4.69, 9.17) is 4.74 Å². The molecule has 4 heteroatoms. The van der Waals surface area contributed by atoms with Crippen molar-refractivity contribution in [2.75, 3.05) is 6.61 Å². The summed E-state index contributed by atoms with van der Waals surface area (Å²) >= 11 is 0. The summed E-state index contributed by atoms with van der Waals surface area (Å²) in [6, 6.07) is 10.1. The third-order valence-corrected chi connectivity index (χ3v) is 2.97. The maximum Gasteiger partial charge on any atom is 0.170 e. The zero-order valence-corrected chi connectivity index (χ0v) is 11.9. The van der Waals surface area contributed by atoms with Crippen LogP contribution in [0.25, 0.3) is 0 Å². The van der Waals surface area contributed by atoms with Crippen molar-refractivity contribution in [2.24, 2.45) is 0 Å². The van der Waals surface area contributed by atoms with Crippen molar-refractivity contribution in [3.05, 3.63) is 59.9 Å². The summed E-state index contributed by atoms with van der Waals surface area (Å²) in [4.78, 5) is 27.9. The zero-order chi connectivity index (χ0) is 15.1. The number of ketones is 2. The number of aromatic nitrogens is 1. The third kappa shape index (κ3) is 4.24. The van der Waals surface area contributed by atoms with Gasteiger partial charge in [-0.3, -0.25) is 14.6 Å². The van der Waals surface area contributed by atoms with Crippen LogP contribution in [-0.2, 0) is 0 Å². The number of carbonyl (C=O) groups excluding carboxylic acids is 2. The first kappa shape index (κ1) is 14.9. The molecule has 1 heterocycles. The molecule has 0 saturated carbocycles. The number of hydrogen-bond donors (Lipinski definition) is 0. The molecule has 0 N–H and O–H groups in total. The van der Waals surface area contributed by atoms with Crippen molar-refractivity contribution in [3.63, 3.8) is 0 Å². The Morgan fingerprint density at radius 1 is 0.952 bits per heavy atom. The van der Waals surface area contributed by atoms with Crippen LogP contribution in [0.1, 0.15) is 40.5 Å². The van der Waals surface area contributed by atoms with E-state index in [1.807, 2.05) is 6.92 Å². The number of benzene rings is 1. The number of hydrogen-bond acceptors (Lipinski definition) is 4. The molecule has 0 spiro atoms. The summed E-state index contributed by atoms with van der Waals surface area (Å²) in [6.07, 6.45) is 3.87. The first-order chi connectivity index (χ1) is 10.2. The molecule has 0 unspecified atom stereocenters. The number of ether oxygens (including phenoxy) is 1. The highest BCUT2D eigenvalue weighted by Gasteiger charge is 2.13. The van der Waals surface area contributed by atoms with E-state index in [0.29, 0.717) is 17.7 Å². The van der Waals surface area contributed by atoms with Gasteiger partial charge >= 0.3 is 0 Å². The van der Waals surface area contributed by atoms with Gasteiger partial charge in [-0.25, -0.2) is 0 Å². The topological polar surface area (TPSA) is 56.3 Å². The number of pyridine rings is 1. The van der Waals surface area contributed by atoms with Gasteiger partial charge in [0.05, 0.1) is 13.0 Å². The van der Waals surface area contributed by atoms with Gasteiger partial charge in [0.2, 0.25) is 0 Å². The molecule has 108 valence electrons. The summed E-state index contributed by atoms with van der Waals surface area (Å²) in [7, 11) is 0. The molecule has 0 saturated heterocycles. The summed E-state index contributed by atoms with van der Waals surface area (Å²) in [5.41, 5.74) is 1.02. The lowest BCUT2D eigenvalue weighted by Crippen LogP contribution is -2.08. The number of carbonyl (C=O) groups is 2. The van der Waals surface area contributed by atoms with Gasteiger partial charge in [-0.15, -0.1) is 0 Å². The fourth-order valence-electron chi connectivity index (χ4n) is 1.84. The van der Waals surface area contributed by atoms with Gasteiger partial charge in [-0.1, -0.05) is 6.92 Å². The largest absolute Gasteiger partial charge is 0.494 e. The van der Waals surface area contributed by atoms with Crippen LogP contribution in [-0.4, -0.2) is 23.2 Å². The van der Waals surface area contributed by atoms with Crippen LogP contribution in [0, 0.1) is 0 Å². The van der Waals surface area contributed by atoms with Crippen molar-refractivity contribution in [1.29, 1.82) is 0 Å². The second-order valence-electron chi connectivity index (χ2n) is 4.63. The quantitative estimate of drug-likeness (QED) is 0.577. The van der Waals surface area contributed by atoms with Gasteiger partial charge in [-0.05, 0) is 42.8 Å². The molecule has 2 rings (SSSR count). The molecular weight excluding hydrogens is 266 g/mol. The molecule has 0 bridgehead atoms. The van der Waals surface area contributed by atoms with Gasteiger partial charge in [0.1, 0.15) is 5.75 Å². The molecule has 1 aromatic heterocycles. The standard InChI is InChI=1S/C17H17NO3/c1-2-11-21-15-5-3-13(4-6-15)16(19)12-17(20)14-7-9-18-10-8-14/h3-10H,2,11-12H2,1H3. The molecule has 0 atom stereocenters. The third-order valence-electron chi connectivity index (χ3n) is 2.97. The van der Waals surface area contributed by atoms with Crippen LogP contribution in [0.3, 0.4) is 0 Å². The summed E-state index contributed by atoms with van der Waals surface area (Å²) in [5, 5.41) is 0. The maximum absolute atomic E-state index is 12.1. The molecule has 2 aromatic rings. The van der Waals surface area contributed by atoms with Gasteiger partial charge in [0.25, 0.3) is 0 Å². The lowest BCUT2D eigenvalue weighted by molar-refractivity contribution is 0.0894. The van der Waals surface area contributed by atoms with Crippen molar-refractivity contribution in [2.45, 2.75) is 19.8 Å². The Bertz CT molecular complexity index is 606. The lowest BCUT2D eigenvalue weighted by atomic mass is 10.0. The van der Waals surface area contributed by atoms with Gasteiger partial charge in [0, 0.05) is 23.5 Å². The monoisotopic (exact) mass is 283 g/mol. The van der Waals surface area contributed by atoms with Gasteiger partial charge in [0.15, 0.2) is 11.6 Å². The van der Waals surface area contributed by atoms with Crippen molar-refractivity contribution in [3.8, 4) is 5.75 Å². The normalized spacial score (nSPS) is 10.1. The minimum atomic E-state index is -0.200. The predicted molar refractivity (Wildman–Crippen MR) is 79.7 cm³/mol. The number of nitrogens with zero attached hydrogens (tertiary/aromatic N) is 1. The SMILES string of the molecule is CCCOc1ccc(C(=O)CC(=O)c2ccncc2)cc1. The minimum absolute atomic E-state index is 0.140. The smallest absolute Gasteiger partial charge is 0.170 e. The van der Waals surface area contributed by atoms with Crippen LogP contribution in [0.4, 0.5) is 0 Å². The Hall–Kier alpha value is -2.49. The first-order valence-corrected chi connectivity index (χ1v) is 6.90. The maximum atomic E-state index is 12.1. The number of rotatable bonds is 7. The van der Waals surface area contributed by atoms with Crippen LogP contribution < -0.4 is 4.74 Å². The average Bonchev–Trinajstić information content (AvgIpc) is 2.54. The zero-order valence-electron chi connectivity index (χ0n) is 11.9. The van der Waals surface area contributed by atoms with Crippen LogP contribution in [0.2, 0.25) is 0 Å². The Morgan fingerprint density at radius 2 is 1.52 bits per heavy atom. The Balaban J connectivity index is 1.98. The van der Waals surface area contributed by atoms with Crippen molar-refractivity contribution < 1.29 is 14.3 Å². The Labute approximate surface area is 123 Å². The molecule has 21 heavy (non-hydrogen) atoms. The average molecular weight is 283 g/mol. The fraction of sp³-hybridized carbons (Fsp3) is 0.235. The highest BCUT2D eigenvalue weighted by molar-refractivity contribution is 6.13. The molecule has 0 aliphatic rings. The second-order valence-corrected chi connectivity index (χ2v) is 4.63. The van der Waals surface area contributed by atoms with E-state index in [9.17, 15) is 9.59 Å². The summed E-state index contributed by atoms with van der Waals surface area (Å²) in [6.45, 7) is 2.68. The van der Waals surface area contributed by atoms with Gasteiger partial charge in [-0.2, -0.15) is 0 Å². The lowest BCUT2D eigenvalue weighted by Gasteiger charge is -2.05. The van der Waals surface area contributed by atoms with E-state index in [0.717, 1.165) is 12.2 Å². The van der Waals surface area contributed by atoms with Crippen LogP contribution in [0.5, 0.6) is 5.75 Å². The van der Waals surface area contributed by atoms with E-state index < -0.39 is 0 Å². The van der Waals surface area contributed by atoms with Crippen molar-refractivity contribution >= 4 is 11.6 Å². The highest BCUT2D eigenvalue weighted by atomic mass is 16.5. The molecule has 0 radical (unpaired) electrons. The van der Waals surface area contributed by atoms with Crippen molar-refractivity contribution in [1.82, 2.24) is 4.98 Å². The molecular formula is C17H17NO3. The first-order valence-electron chi connectivity index (χ1n) is 6.90. The summed E-state index contributed by atoms with van der Waals surface area (Å²) in [5.74, 6) is 0.335. The minimum Gasteiger partial charge on any atom is -0.494 e. The number of Topliss-reactive ketones (excluding diaryl/α,β-unsaturated/α-hetero) is 2. The molecule has 0 aliphatic heterocycles. The van der Waals surface area contributed by atoms with Crippen LogP contribution in [0.15, 0.2) is 48.8 Å². The van der Waals surface area contributed by atoms with E-state index in [-0.39, 0.29) is 18.0 Å². The Morgan fingerprint density at radius 3 is 2.10 bits per heavy atom. The fourth-order valence-corrected chi connectivity index (χ4v) is 1.84. The molecule has 1 aromatic carbocycles. The molecule has 4 nitrogen and oxygen atoms in total. The highest BCUT2D eigenvalue weighted by Crippen LogP contribution is 2.14. The Kier molecular flexibility index (Phi) is 5.21. The second kappa shape index (κ2) is 7.33. The van der Waals surface area contributed by atoms with E-state index in [1.54, 1.807) is 36.4 Å².